The van der Waals surface area contributed by atoms with Crippen LogP contribution in [0, 0.1) is 6.92 Å². The molecule has 0 radical (unpaired) electrons. The van der Waals surface area contributed by atoms with E-state index in [-0.39, 0.29) is 24.0 Å². The molecule has 1 amide bonds. The molecular formula is C23H24N4O6. The number of aryl methyl sites for hydroxylation is 1. The third-order valence-corrected chi connectivity index (χ3v) is 5.13. The minimum atomic E-state index is -1.29. The molecule has 1 aromatic heterocycles. The highest BCUT2D eigenvalue weighted by atomic mass is 16.4. The molecule has 0 spiro atoms. The molecule has 0 bridgehead atoms. The zero-order valence-corrected chi connectivity index (χ0v) is 18.2. The van der Waals surface area contributed by atoms with E-state index in [0.29, 0.717) is 23.3 Å². The molecule has 0 unspecified atom stereocenters. The highest BCUT2D eigenvalue weighted by Gasteiger charge is 2.21. The number of nitrogens with zero attached hydrogens (tertiary/aromatic N) is 2. The van der Waals surface area contributed by atoms with Crippen molar-refractivity contribution in [1.29, 1.82) is 0 Å². The lowest BCUT2D eigenvalue weighted by molar-refractivity contribution is -0.140. The summed E-state index contributed by atoms with van der Waals surface area (Å²) >= 11 is 0. The molecule has 33 heavy (non-hydrogen) atoms. The number of hydrogen-bond donors (Lipinski definition) is 4. The molecule has 0 saturated carbocycles. The van der Waals surface area contributed by atoms with Crippen LogP contribution in [0.15, 0.2) is 47.3 Å². The number of aromatic nitrogens is 2. The van der Waals surface area contributed by atoms with Gasteiger partial charge in [-0.15, -0.1) is 0 Å². The Morgan fingerprint density at radius 1 is 1.12 bits per heavy atom. The second-order valence-electron chi connectivity index (χ2n) is 7.70. The van der Waals surface area contributed by atoms with Crippen molar-refractivity contribution in [2.24, 2.45) is 0 Å². The molecule has 4 N–H and O–H groups in total. The Hall–Kier alpha value is -4.21. The maximum atomic E-state index is 12.4. The van der Waals surface area contributed by atoms with Gasteiger partial charge in [-0.3, -0.25) is 14.4 Å². The number of amides is 1. The lowest BCUT2D eigenvalue weighted by atomic mass is 10.1. The van der Waals surface area contributed by atoms with Crippen molar-refractivity contribution >= 4 is 34.4 Å². The predicted octanol–water partition coefficient (Wildman–Crippen LogP) is 1.92. The topological polar surface area (TPSA) is 153 Å². The molecule has 1 atom stereocenters. The van der Waals surface area contributed by atoms with E-state index >= 15 is 0 Å². The average Bonchev–Trinajstić information content (AvgIpc) is 2.76. The summed E-state index contributed by atoms with van der Waals surface area (Å²) in [4.78, 5) is 55.5. The molecule has 3 rings (SSSR count). The van der Waals surface area contributed by atoms with E-state index in [1.807, 2.05) is 18.0 Å². The maximum Gasteiger partial charge on any atom is 0.326 e. The van der Waals surface area contributed by atoms with Gasteiger partial charge in [-0.2, -0.15) is 0 Å². The zero-order chi connectivity index (χ0) is 24.1. The number of aromatic amines is 1. The van der Waals surface area contributed by atoms with Crippen molar-refractivity contribution in [2.45, 2.75) is 32.4 Å². The number of carboxylic acids is 2. The second kappa shape index (κ2) is 9.94. The van der Waals surface area contributed by atoms with Crippen LogP contribution in [0.1, 0.15) is 34.6 Å². The Labute approximate surface area is 188 Å². The van der Waals surface area contributed by atoms with Gasteiger partial charge in [-0.05, 0) is 49.2 Å². The van der Waals surface area contributed by atoms with Crippen LogP contribution < -0.4 is 15.8 Å². The largest absolute Gasteiger partial charge is 0.481 e. The predicted molar refractivity (Wildman–Crippen MR) is 121 cm³/mol. The Morgan fingerprint density at radius 3 is 2.45 bits per heavy atom. The third-order valence-electron chi connectivity index (χ3n) is 5.13. The van der Waals surface area contributed by atoms with Gasteiger partial charge in [0.2, 0.25) is 0 Å². The Morgan fingerprint density at radius 2 is 1.82 bits per heavy atom. The van der Waals surface area contributed by atoms with Gasteiger partial charge in [0, 0.05) is 31.3 Å². The monoisotopic (exact) mass is 452 g/mol. The van der Waals surface area contributed by atoms with Gasteiger partial charge >= 0.3 is 11.9 Å². The molecule has 3 aromatic rings. The van der Waals surface area contributed by atoms with Crippen molar-refractivity contribution in [3.63, 3.8) is 0 Å². The van der Waals surface area contributed by atoms with Gasteiger partial charge in [0.1, 0.15) is 11.9 Å². The first-order valence-electron chi connectivity index (χ1n) is 10.2. The number of aliphatic carboxylic acids is 2. The molecule has 10 nitrogen and oxygen atoms in total. The average molecular weight is 452 g/mol. The fourth-order valence-electron chi connectivity index (χ4n) is 3.37. The van der Waals surface area contributed by atoms with Crippen LogP contribution in [0.4, 0.5) is 5.69 Å². The van der Waals surface area contributed by atoms with E-state index in [9.17, 15) is 24.3 Å². The van der Waals surface area contributed by atoms with Gasteiger partial charge in [0.15, 0.2) is 0 Å². The molecule has 0 saturated heterocycles. The molecule has 10 heteroatoms. The van der Waals surface area contributed by atoms with Crippen molar-refractivity contribution in [1.82, 2.24) is 15.3 Å². The van der Waals surface area contributed by atoms with E-state index in [0.717, 1.165) is 11.3 Å². The summed E-state index contributed by atoms with van der Waals surface area (Å²) in [6, 6.07) is 10.8. The molecule has 1 heterocycles. The van der Waals surface area contributed by atoms with Crippen LogP contribution in [0.2, 0.25) is 0 Å². The molecule has 0 aliphatic rings. The smallest absolute Gasteiger partial charge is 0.326 e. The Balaban J connectivity index is 1.68. The minimum absolute atomic E-state index is 0.203. The number of rotatable bonds is 9. The highest BCUT2D eigenvalue weighted by Crippen LogP contribution is 2.20. The van der Waals surface area contributed by atoms with Crippen molar-refractivity contribution in [3.8, 4) is 0 Å². The Bertz CT molecular complexity index is 1250. The lowest BCUT2D eigenvalue weighted by Gasteiger charge is -2.20. The zero-order valence-electron chi connectivity index (χ0n) is 18.2. The number of anilines is 1. The number of fused-ring (bicyclic) bond motifs is 1. The minimum Gasteiger partial charge on any atom is -0.481 e. The number of carbonyl (C=O) groups excluding carboxylic acids is 1. The van der Waals surface area contributed by atoms with Crippen molar-refractivity contribution in [2.75, 3.05) is 11.9 Å². The van der Waals surface area contributed by atoms with Crippen LogP contribution in [0.3, 0.4) is 0 Å². The van der Waals surface area contributed by atoms with Gasteiger partial charge in [0.25, 0.3) is 11.5 Å². The first-order valence-corrected chi connectivity index (χ1v) is 10.2. The van der Waals surface area contributed by atoms with Gasteiger partial charge < -0.3 is 25.4 Å². The number of carboxylic acid groups (broad SMARTS) is 2. The fourth-order valence-corrected chi connectivity index (χ4v) is 3.37. The van der Waals surface area contributed by atoms with E-state index in [2.05, 4.69) is 15.3 Å². The molecule has 0 aliphatic carbocycles. The summed E-state index contributed by atoms with van der Waals surface area (Å²) in [7, 11) is 1.87. The number of hydrogen-bond acceptors (Lipinski definition) is 6. The van der Waals surface area contributed by atoms with Crippen LogP contribution >= 0.6 is 0 Å². The maximum absolute atomic E-state index is 12.4. The van der Waals surface area contributed by atoms with Crippen LogP contribution in [0.5, 0.6) is 0 Å². The first kappa shape index (κ1) is 23.5. The van der Waals surface area contributed by atoms with Gasteiger partial charge in [-0.1, -0.05) is 12.1 Å². The normalized spacial score (nSPS) is 11.7. The second-order valence-corrected chi connectivity index (χ2v) is 7.70. The highest BCUT2D eigenvalue weighted by molar-refractivity contribution is 5.96. The van der Waals surface area contributed by atoms with Gasteiger partial charge in [0.05, 0.1) is 10.9 Å². The molecule has 2 aromatic carbocycles. The van der Waals surface area contributed by atoms with E-state index in [1.54, 1.807) is 43.3 Å². The molecule has 172 valence electrons. The van der Waals surface area contributed by atoms with E-state index < -0.39 is 23.9 Å². The Kier molecular flexibility index (Phi) is 7.07. The third kappa shape index (κ3) is 5.94. The number of carbonyl (C=O) groups is 3. The van der Waals surface area contributed by atoms with E-state index in [4.69, 9.17) is 5.11 Å². The summed E-state index contributed by atoms with van der Waals surface area (Å²) in [6.45, 7) is 2.23. The lowest BCUT2D eigenvalue weighted by Crippen LogP contribution is -2.41. The molecule has 0 aliphatic heterocycles. The summed E-state index contributed by atoms with van der Waals surface area (Å²) in [5.41, 5.74) is 2.40. The summed E-state index contributed by atoms with van der Waals surface area (Å²) in [6.07, 6.45) is -0.568. The fraction of sp³-hybridized carbons (Fsp3) is 0.261. The first-order chi connectivity index (χ1) is 15.6. The number of H-pyrrole nitrogens is 1. The van der Waals surface area contributed by atoms with Crippen LogP contribution in [-0.2, 0) is 16.1 Å². The van der Waals surface area contributed by atoms with Gasteiger partial charge in [-0.25, -0.2) is 9.78 Å². The number of nitrogens with one attached hydrogen (secondary N) is 2. The van der Waals surface area contributed by atoms with Crippen molar-refractivity contribution < 1.29 is 24.6 Å². The molecular weight excluding hydrogens is 428 g/mol. The summed E-state index contributed by atoms with van der Waals surface area (Å²) < 4.78 is 0. The van der Waals surface area contributed by atoms with E-state index in [1.165, 1.54) is 0 Å². The SMILES string of the molecule is Cc1nc2ccc(N(C)Cc3ccc(C(=O)N[C@@H](CCC(=O)O)C(=O)O)cc3)cc2c(=O)[nH]1. The molecule has 0 fully saturated rings. The quantitative estimate of drug-likeness (QED) is 0.384. The summed E-state index contributed by atoms with van der Waals surface area (Å²) in [5.74, 6) is -2.47. The standard InChI is InChI=1S/C23H24N4O6/c1-13-24-18-8-7-16(11-17(18)22(31)25-13)27(2)12-14-3-5-15(6-4-14)21(30)26-19(23(32)33)9-10-20(28)29/h3-8,11,19H,9-10,12H2,1-2H3,(H,26,30)(H,28,29)(H,32,33)(H,24,25,31)/t19-/m0/s1. The summed E-state index contributed by atoms with van der Waals surface area (Å²) in [5, 5.41) is 20.8. The number of benzene rings is 2. The van der Waals surface area contributed by atoms with Crippen LogP contribution in [0.25, 0.3) is 10.9 Å². The van der Waals surface area contributed by atoms with Crippen molar-refractivity contribution in [3.05, 3.63) is 69.8 Å². The van der Waals surface area contributed by atoms with Crippen LogP contribution in [-0.4, -0.2) is 51.1 Å².